The van der Waals surface area contributed by atoms with Gasteiger partial charge in [-0.15, -0.1) is 0 Å². The molecule has 2 N–H and O–H groups in total. The normalized spacial score (nSPS) is 12.9. The van der Waals surface area contributed by atoms with Crippen LogP contribution >= 0.6 is 0 Å². The largest absolute Gasteiger partial charge is 0.480 e. The van der Waals surface area contributed by atoms with E-state index in [0.717, 1.165) is 5.56 Å². The highest BCUT2D eigenvalue weighted by molar-refractivity contribution is 5.89. The van der Waals surface area contributed by atoms with Gasteiger partial charge >= 0.3 is 5.97 Å². The molecule has 21 heavy (non-hydrogen) atoms. The van der Waals surface area contributed by atoms with E-state index in [1.165, 1.54) is 0 Å². The van der Waals surface area contributed by atoms with Crippen LogP contribution < -0.4 is 10.1 Å². The molecule has 0 spiro atoms. The molecule has 1 aromatic rings. The van der Waals surface area contributed by atoms with Gasteiger partial charge in [-0.1, -0.05) is 26.0 Å². The van der Waals surface area contributed by atoms with Crippen LogP contribution in [-0.2, 0) is 9.59 Å². The van der Waals surface area contributed by atoms with Gasteiger partial charge in [-0.05, 0) is 44.4 Å². The first-order valence-corrected chi connectivity index (χ1v) is 6.93. The molecule has 0 saturated carbocycles. The molecule has 0 radical (unpaired) electrons. The Hall–Kier alpha value is -2.04. The second kappa shape index (κ2) is 6.61. The van der Waals surface area contributed by atoms with Crippen molar-refractivity contribution in [2.24, 2.45) is 5.92 Å². The number of hydrogen-bond donors (Lipinski definition) is 2. The molecular formula is C16H23NO4. The number of nitrogens with one attached hydrogen (secondary N) is 1. The lowest BCUT2D eigenvalue weighted by Gasteiger charge is -2.28. The van der Waals surface area contributed by atoms with E-state index in [2.05, 4.69) is 5.32 Å². The number of aliphatic carboxylic acids is 1. The van der Waals surface area contributed by atoms with Crippen molar-refractivity contribution in [1.82, 2.24) is 5.32 Å². The highest BCUT2D eigenvalue weighted by Gasteiger charge is 2.34. The van der Waals surface area contributed by atoms with Crippen LogP contribution in [0.3, 0.4) is 0 Å². The summed E-state index contributed by atoms with van der Waals surface area (Å²) in [4.78, 5) is 23.4. The molecule has 116 valence electrons. The van der Waals surface area contributed by atoms with Crippen molar-refractivity contribution in [1.29, 1.82) is 0 Å². The average Bonchev–Trinajstić information content (AvgIpc) is 2.34. The van der Waals surface area contributed by atoms with Crippen molar-refractivity contribution in [2.75, 3.05) is 0 Å². The lowest BCUT2D eigenvalue weighted by molar-refractivity contribution is -0.146. The van der Waals surface area contributed by atoms with E-state index in [1.54, 1.807) is 33.8 Å². The average molecular weight is 293 g/mol. The van der Waals surface area contributed by atoms with Gasteiger partial charge in [0.15, 0.2) is 5.60 Å². The molecule has 0 fully saturated rings. The Morgan fingerprint density at radius 1 is 1.29 bits per heavy atom. The van der Waals surface area contributed by atoms with Crippen LogP contribution in [0, 0.1) is 12.8 Å². The number of hydrogen-bond acceptors (Lipinski definition) is 3. The zero-order chi connectivity index (χ0) is 16.2. The number of carbonyl (C=O) groups is 2. The van der Waals surface area contributed by atoms with Gasteiger partial charge in [0, 0.05) is 0 Å². The summed E-state index contributed by atoms with van der Waals surface area (Å²) >= 11 is 0. The minimum Gasteiger partial charge on any atom is -0.480 e. The van der Waals surface area contributed by atoms with E-state index >= 15 is 0 Å². The van der Waals surface area contributed by atoms with E-state index in [9.17, 15) is 9.59 Å². The van der Waals surface area contributed by atoms with Crippen LogP contribution in [0.4, 0.5) is 0 Å². The minimum absolute atomic E-state index is 0.207. The number of amides is 1. The molecule has 0 aliphatic rings. The second-order valence-corrected chi connectivity index (χ2v) is 5.96. The zero-order valence-corrected chi connectivity index (χ0v) is 13.1. The highest BCUT2D eigenvalue weighted by atomic mass is 16.5. The Morgan fingerprint density at radius 2 is 1.90 bits per heavy atom. The van der Waals surface area contributed by atoms with Crippen molar-refractivity contribution < 1.29 is 19.4 Å². The van der Waals surface area contributed by atoms with Gasteiger partial charge in [0.1, 0.15) is 11.8 Å². The topological polar surface area (TPSA) is 75.6 Å². The molecule has 0 aromatic heterocycles. The summed E-state index contributed by atoms with van der Waals surface area (Å²) in [6, 6.07) is 6.43. The fourth-order valence-corrected chi connectivity index (χ4v) is 1.85. The monoisotopic (exact) mass is 293 g/mol. The van der Waals surface area contributed by atoms with Gasteiger partial charge in [-0.3, -0.25) is 4.79 Å². The van der Waals surface area contributed by atoms with Crippen LogP contribution in [0.15, 0.2) is 24.3 Å². The second-order valence-electron chi connectivity index (χ2n) is 5.96. The first-order valence-electron chi connectivity index (χ1n) is 6.93. The van der Waals surface area contributed by atoms with Crippen molar-refractivity contribution in [3.05, 3.63) is 29.8 Å². The molecule has 1 unspecified atom stereocenters. The quantitative estimate of drug-likeness (QED) is 0.844. The molecule has 5 heteroatoms. The third kappa shape index (κ3) is 4.77. The molecule has 1 atom stereocenters. The maximum atomic E-state index is 12.3. The summed E-state index contributed by atoms with van der Waals surface area (Å²) in [5.74, 6) is -1.14. The van der Waals surface area contributed by atoms with E-state index in [0.29, 0.717) is 5.75 Å². The summed E-state index contributed by atoms with van der Waals surface area (Å²) in [5.41, 5.74) is -0.134. The molecule has 0 bridgehead atoms. The number of carbonyl (C=O) groups excluding carboxylic acids is 1. The van der Waals surface area contributed by atoms with Gasteiger partial charge < -0.3 is 15.2 Å². The first-order chi connectivity index (χ1) is 9.63. The molecule has 1 aromatic carbocycles. The standard InChI is InChI=1S/C16H23NO4/c1-10(2)13(14(18)19)17-15(20)16(4,5)21-12-8-6-7-11(3)9-12/h6-10,13H,1-5H3,(H,17,20)(H,18,19). The Morgan fingerprint density at radius 3 is 2.38 bits per heavy atom. The van der Waals surface area contributed by atoms with E-state index in [4.69, 9.17) is 9.84 Å². The molecule has 0 heterocycles. The predicted molar refractivity (Wildman–Crippen MR) is 80.3 cm³/mol. The molecule has 1 rings (SSSR count). The number of aryl methyl sites for hydroxylation is 1. The zero-order valence-electron chi connectivity index (χ0n) is 13.1. The van der Waals surface area contributed by atoms with E-state index < -0.39 is 23.5 Å². The maximum absolute atomic E-state index is 12.3. The molecule has 5 nitrogen and oxygen atoms in total. The highest BCUT2D eigenvalue weighted by Crippen LogP contribution is 2.20. The Labute approximate surface area is 125 Å². The lowest BCUT2D eigenvalue weighted by Crippen LogP contribution is -2.53. The van der Waals surface area contributed by atoms with Gasteiger partial charge in [0.25, 0.3) is 5.91 Å². The van der Waals surface area contributed by atoms with Crippen LogP contribution in [0.25, 0.3) is 0 Å². The fourth-order valence-electron chi connectivity index (χ4n) is 1.85. The predicted octanol–water partition coefficient (Wildman–Crippen LogP) is 2.38. The number of ether oxygens (including phenoxy) is 1. The summed E-state index contributed by atoms with van der Waals surface area (Å²) in [5, 5.41) is 11.7. The number of carboxylic acids is 1. The molecule has 0 aliphatic heterocycles. The third-order valence-electron chi connectivity index (χ3n) is 3.13. The summed E-state index contributed by atoms with van der Waals surface area (Å²) in [6.07, 6.45) is 0. The minimum atomic E-state index is -1.16. The number of benzene rings is 1. The summed E-state index contributed by atoms with van der Waals surface area (Å²) < 4.78 is 5.70. The van der Waals surface area contributed by atoms with Crippen LogP contribution in [0.5, 0.6) is 5.75 Å². The Balaban J connectivity index is 2.81. The fraction of sp³-hybridized carbons (Fsp3) is 0.500. The van der Waals surface area contributed by atoms with Gasteiger partial charge in [0.05, 0.1) is 0 Å². The van der Waals surface area contributed by atoms with E-state index in [1.807, 2.05) is 25.1 Å². The number of rotatable bonds is 6. The van der Waals surface area contributed by atoms with Crippen LogP contribution in [-0.4, -0.2) is 28.6 Å². The van der Waals surface area contributed by atoms with Gasteiger partial charge in [0.2, 0.25) is 0 Å². The first kappa shape index (κ1) is 17.0. The van der Waals surface area contributed by atoms with Crippen molar-refractivity contribution in [3.63, 3.8) is 0 Å². The smallest absolute Gasteiger partial charge is 0.326 e. The number of carboxylic acid groups (broad SMARTS) is 1. The van der Waals surface area contributed by atoms with Crippen molar-refractivity contribution in [3.8, 4) is 5.75 Å². The van der Waals surface area contributed by atoms with E-state index in [-0.39, 0.29) is 5.92 Å². The van der Waals surface area contributed by atoms with Crippen LogP contribution in [0.2, 0.25) is 0 Å². The summed E-state index contributed by atoms with van der Waals surface area (Å²) in [7, 11) is 0. The lowest BCUT2D eigenvalue weighted by atomic mass is 10.0. The maximum Gasteiger partial charge on any atom is 0.326 e. The van der Waals surface area contributed by atoms with Gasteiger partial charge in [-0.25, -0.2) is 4.79 Å². The third-order valence-corrected chi connectivity index (χ3v) is 3.13. The Kier molecular flexibility index (Phi) is 5.35. The summed E-state index contributed by atoms with van der Waals surface area (Å²) in [6.45, 7) is 8.65. The molecule has 1 amide bonds. The van der Waals surface area contributed by atoms with Crippen molar-refractivity contribution >= 4 is 11.9 Å². The SMILES string of the molecule is Cc1cccc(OC(C)(C)C(=O)NC(C(=O)O)C(C)C)c1. The van der Waals surface area contributed by atoms with Crippen molar-refractivity contribution in [2.45, 2.75) is 46.3 Å². The van der Waals surface area contributed by atoms with Gasteiger partial charge in [-0.2, -0.15) is 0 Å². The molecule has 0 aliphatic carbocycles. The molecular weight excluding hydrogens is 270 g/mol. The molecule has 0 saturated heterocycles. The van der Waals surface area contributed by atoms with Crippen LogP contribution in [0.1, 0.15) is 33.3 Å². The Bertz CT molecular complexity index is 523.